The summed E-state index contributed by atoms with van der Waals surface area (Å²) < 4.78 is 0. The van der Waals surface area contributed by atoms with E-state index >= 15 is 0 Å². The summed E-state index contributed by atoms with van der Waals surface area (Å²) in [5, 5.41) is 10.5. The number of hydrogen-bond donors (Lipinski definition) is 2. The van der Waals surface area contributed by atoms with Crippen LogP contribution >= 0.6 is 11.8 Å². The maximum absolute atomic E-state index is 11.6. The molecule has 1 aromatic heterocycles. The van der Waals surface area contributed by atoms with Crippen molar-refractivity contribution in [1.82, 2.24) is 9.88 Å². The molecule has 0 aliphatic carbocycles. The molecule has 2 aromatic rings. The van der Waals surface area contributed by atoms with E-state index in [1.165, 1.54) is 33.8 Å². The van der Waals surface area contributed by atoms with Crippen LogP contribution in [0, 0.1) is 5.92 Å². The zero-order valence-corrected chi connectivity index (χ0v) is 22.5. The number of carboxylic acids is 1. The third-order valence-electron chi connectivity index (χ3n) is 5.41. The van der Waals surface area contributed by atoms with Crippen LogP contribution in [0.15, 0.2) is 48.1 Å². The van der Waals surface area contributed by atoms with Gasteiger partial charge in [-0.1, -0.05) is 76.7 Å². The highest BCUT2D eigenvalue weighted by Crippen LogP contribution is 2.33. The first-order chi connectivity index (χ1) is 16.2. The second kappa shape index (κ2) is 15.4. The minimum atomic E-state index is -0.758. The van der Waals surface area contributed by atoms with Crippen LogP contribution in [-0.4, -0.2) is 38.7 Å². The highest BCUT2D eigenvalue weighted by molar-refractivity contribution is 8.04. The Morgan fingerprint density at radius 3 is 2.50 bits per heavy atom. The Hall–Kier alpha value is -2.47. The molecular formula is C28H42N2O3S. The van der Waals surface area contributed by atoms with E-state index in [0.29, 0.717) is 18.9 Å². The number of unbranched alkanes of at least 4 members (excludes halogenated alkanes) is 2. The fraction of sp³-hybridized carbons (Fsp3) is 0.500. The lowest BCUT2D eigenvalue weighted by Gasteiger charge is -2.15. The van der Waals surface area contributed by atoms with Gasteiger partial charge < -0.3 is 15.0 Å². The number of allylic oxidation sites excluding steroid dienone is 2. The lowest BCUT2D eigenvalue weighted by Crippen LogP contribution is -2.28. The van der Waals surface area contributed by atoms with Gasteiger partial charge in [0, 0.05) is 24.7 Å². The van der Waals surface area contributed by atoms with E-state index in [2.05, 4.69) is 62.7 Å². The summed E-state index contributed by atoms with van der Waals surface area (Å²) >= 11 is 1.49. The van der Waals surface area contributed by atoms with Crippen molar-refractivity contribution in [3.63, 3.8) is 0 Å². The number of thioether (sulfide) groups is 1. The van der Waals surface area contributed by atoms with E-state index in [4.69, 9.17) is 5.11 Å². The zero-order valence-electron chi connectivity index (χ0n) is 21.7. The average Bonchev–Trinajstić information content (AvgIpc) is 3.38. The molecule has 1 amide bonds. The molecule has 1 fully saturated rings. The van der Waals surface area contributed by atoms with Crippen LogP contribution in [0.25, 0.3) is 16.5 Å². The first kappa shape index (κ1) is 29.6. The number of nitrogens with one attached hydrogen (secondary N) is 1. The smallest absolute Gasteiger partial charge is 0.303 e. The van der Waals surface area contributed by atoms with Gasteiger partial charge in [0.25, 0.3) is 0 Å². The normalized spacial score (nSPS) is 15.8. The molecule has 0 saturated carbocycles. The Balaban J connectivity index is 0.000000317. The van der Waals surface area contributed by atoms with Crippen molar-refractivity contribution in [2.24, 2.45) is 5.92 Å². The predicted octanol–water partition coefficient (Wildman–Crippen LogP) is 7.71. The molecule has 1 aliphatic rings. The van der Waals surface area contributed by atoms with Crippen molar-refractivity contribution < 1.29 is 14.7 Å². The van der Waals surface area contributed by atoms with Gasteiger partial charge in [0.05, 0.1) is 15.8 Å². The van der Waals surface area contributed by atoms with E-state index in [1.54, 1.807) is 4.90 Å². The number of hydrogen-bond acceptors (Lipinski definition) is 3. The second-order valence-electron chi connectivity index (χ2n) is 8.51. The van der Waals surface area contributed by atoms with Gasteiger partial charge in [0.1, 0.15) is 0 Å². The molecule has 5 nitrogen and oxygen atoms in total. The van der Waals surface area contributed by atoms with Gasteiger partial charge in [-0.25, -0.2) is 0 Å². The molecule has 188 valence electrons. The number of para-hydroxylation sites is 1. The first-order valence-electron chi connectivity index (χ1n) is 12.3. The maximum Gasteiger partial charge on any atom is 0.303 e. The summed E-state index contributed by atoms with van der Waals surface area (Å²) in [7, 11) is 0. The van der Waals surface area contributed by atoms with Crippen LogP contribution in [0.2, 0.25) is 0 Å². The third kappa shape index (κ3) is 9.05. The number of carboxylic acid groups (broad SMARTS) is 1. The van der Waals surface area contributed by atoms with Crippen molar-refractivity contribution in [3.05, 3.63) is 53.7 Å². The Morgan fingerprint density at radius 2 is 1.94 bits per heavy atom. The van der Waals surface area contributed by atoms with E-state index < -0.39 is 5.97 Å². The molecule has 2 N–H and O–H groups in total. The molecule has 2 heterocycles. The maximum atomic E-state index is 11.6. The number of carbonyl (C=O) groups excluding carboxylic acids is 1. The van der Waals surface area contributed by atoms with Crippen molar-refractivity contribution in [2.45, 2.75) is 78.9 Å². The van der Waals surface area contributed by atoms with Crippen LogP contribution in [0.4, 0.5) is 0 Å². The molecule has 1 aliphatic heterocycles. The standard InChI is InChI=1S/C15H19N.C11H17NO3S.C2H6/c1-4-12(10-11(2)3)14-7-5-6-13-8-9-16-15(13)14;1-8-11(15)12(9(2)16-8)7-5-3-4-6-10(13)14;1-2/h4-9,11,16H,10H2,1-3H3;8H,2-7H2,1H3,(H,13,14);1-2H3/b12-4+;;. The van der Waals surface area contributed by atoms with Gasteiger partial charge in [-0.05, 0) is 56.1 Å². The first-order valence-corrected chi connectivity index (χ1v) is 13.2. The van der Waals surface area contributed by atoms with Crippen LogP contribution < -0.4 is 0 Å². The molecule has 6 heteroatoms. The SMILES string of the molecule is C/C=C(\CC(C)C)c1cccc2cc[nH]c12.C=C1SC(C)C(=O)N1CCCCCC(=O)O.CC. The summed E-state index contributed by atoms with van der Waals surface area (Å²) in [5.41, 5.74) is 4.04. The second-order valence-corrected chi connectivity index (χ2v) is 9.92. The van der Waals surface area contributed by atoms with Crippen LogP contribution in [0.1, 0.15) is 79.2 Å². The van der Waals surface area contributed by atoms with Crippen molar-refractivity contribution in [3.8, 4) is 0 Å². The summed E-state index contributed by atoms with van der Waals surface area (Å²) in [4.78, 5) is 27.0. The molecule has 3 rings (SSSR count). The number of nitrogens with zero attached hydrogens (tertiary/aromatic N) is 1. The molecule has 1 atom stereocenters. The van der Waals surface area contributed by atoms with E-state index in [-0.39, 0.29) is 17.6 Å². The topological polar surface area (TPSA) is 73.4 Å². The zero-order chi connectivity index (χ0) is 25.7. The van der Waals surface area contributed by atoms with Crippen LogP contribution in [0.5, 0.6) is 0 Å². The van der Waals surface area contributed by atoms with Gasteiger partial charge in [0.2, 0.25) is 5.91 Å². The molecule has 1 aromatic carbocycles. The van der Waals surface area contributed by atoms with E-state index in [0.717, 1.165) is 24.3 Å². The van der Waals surface area contributed by atoms with Crippen LogP contribution in [-0.2, 0) is 9.59 Å². The number of aromatic amines is 1. The van der Waals surface area contributed by atoms with Crippen LogP contribution in [0.3, 0.4) is 0 Å². The van der Waals surface area contributed by atoms with Gasteiger partial charge in [-0.3, -0.25) is 9.59 Å². The molecular weight excluding hydrogens is 444 g/mol. The Bertz CT molecular complexity index is 961. The van der Waals surface area contributed by atoms with Crippen molar-refractivity contribution in [2.75, 3.05) is 6.54 Å². The number of benzene rings is 1. The molecule has 0 bridgehead atoms. The molecule has 1 saturated heterocycles. The molecule has 34 heavy (non-hydrogen) atoms. The summed E-state index contributed by atoms with van der Waals surface area (Å²) in [6.07, 6.45) is 7.93. The highest BCUT2D eigenvalue weighted by atomic mass is 32.2. The number of fused-ring (bicyclic) bond motifs is 1. The lowest BCUT2D eigenvalue weighted by molar-refractivity contribution is -0.137. The van der Waals surface area contributed by atoms with E-state index in [9.17, 15) is 9.59 Å². The fourth-order valence-electron chi connectivity index (χ4n) is 3.79. The third-order valence-corrected chi connectivity index (χ3v) is 6.46. The predicted molar refractivity (Wildman–Crippen MR) is 147 cm³/mol. The summed E-state index contributed by atoms with van der Waals surface area (Å²) in [6.45, 7) is 17.0. The number of amides is 1. The Labute approximate surface area is 209 Å². The lowest BCUT2D eigenvalue weighted by atomic mass is 9.95. The van der Waals surface area contributed by atoms with Gasteiger partial charge >= 0.3 is 5.97 Å². The molecule has 1 unspecified atom stereocenters. The Morgan fingerprint density at radius 1 is 1.24 bits per heavy atom. The van der Waals surface area contributed by atoms with Gasteiger partial charge in [-0.15, -0.1) is 0 Å². The summed E-state index contributed by atoms with van der Waals surface area (Å²) in [6, 6.07) is 8.62. The number of aromatic nitrogens is 1. The monoisotopic (exact) mass is 486 g/mol. The average molecular weight is 487 g/mol. The summed E-state index contributed by atoms with van der Waals surface area (Å²) in [5.74, 6) is 0.0514. The fourth-order valence-corrected chi connectivity index (χ4v) is 4.74. The largest absolute Gasteiger partial charge is 0.481 e. The van der Waals surface area contributed by atoms with Gasteiger partial charge in [-0.2, -0.15) is 0 Å². The minimum absolute atomic E-state index is 0.0217. The Kier molecular flexibility index (Phi) is 13.4. The van der Waals surface area contributed by atoms with Gasteiger partial charge in [0.15, 0.2) is 0 Å². The number of H-pyrrole nitrogens is 1. The number of rotatable bonds is 9. The number of aliphatic carboxylic acids is 1. The minimum Gasteiger partial charge on any atom is -0.481 e. The van der Waals surface area contributed by atoms with E-state index in [1.807, 2.05) is 27.0 Å². The quantitative estimate of drug-likeness (QED) is 0.356. The number of carbonyl (C=O) groups is 2. The highest BCUT2D eigenvalue weighted by Gasteiger charge is 2.31. The molecule has 0 radical (unpaired) electrons. The van der Waals surface area contributed by atoms with Crippen molar-refractivity contribution in [1.29, 1.82) is 0 Å². The van der Waals surface area contributed by atoms with Crippen molar-refractivity contribution >= 4 is 40.1 Å². The molecule has 0 spiro atoms.